The molecule has 1 aromatic heterocycles. The van der Waals surface area contributed by atoms with Gasteiger partial charge in [-0.2, -0.15) is 0 Å². The van der Waals surface area contributed by atoms with Crippen LogP contribution in [0.1, 0.15) is 18.7 Å². The molecule has 1 heterocycles. The van der Waals surface area contributed by atoms with Crippen LogP contribution in [0.25, 0.3) is 0 Å². The summed E-state index contributed by atoms with van der Waals surface area (Å²) in [5.41, 5.74) is 0.617. The van der Waals surface area contributed by atoms with Crippen LogP contribution in [0.15, 0.2) is 52.0 Å². The first-order valence-electron chi connectivity index (χ1n) is 6.49. The highest BCUT2D eigenvalue weighted by atomic mass is 32.2. The van der Waals surface area contributed by atoms with Gasteiger partial charge in [0.25, 0.3) is 0 Å². The number of amides is 2. The van der Waals surface area contributed by atoms with Crippen molar-refractivity contribution in [1.29, 1.82) is 0 Å². The molecule has 0 saturated heterocycles. The Morgan fingerprint density at radius 2 is 2.10 bits per heavy atom. The average molecular weight is 306 g/mol. The van der Waals surface area contributed by atoms with E-state index in [2.05, 4.69) is 5.32 Å². The van der Waals surface area contributed by atoms with Crippen LogP contribution in [0, 0.1) is 0 Å². The Bertz CT molecular complexity index is 640. The smallest absolute Gasteiger partial charge is 0.322 e. The molecule has 0 spiro atoms. The lowest BCUT2D eigenvalue weighted by atomic mass is 10.2. The summed E-state index contributed by atoms with van der Waals surface area (Å²) in [7, 11) is 0.621. The van der Waals surface area contributed by atoms with E-state index < -0.39 is 10.8 Å². The fourth-order valence-electron chi connectivity index (χ4n) is 1.86. The predicted molar refractivity (Wildman–Crippen MR) is 82.7 cm³/mol. The number of carbonyl (C=O) groups excluding carboxylic acids is 1. The first-order chi connectivity index (χ1) is 9.99. The highest BCUT2D eigenvalue weighted by Gasteiger charge is 2.19. The maximum Gasteiger partial charge on any atom is 0.322 e. The van der Waals surface area contributed by atoms with Crippen LogP contribution in [-0.2, 0) is 10.8 Å². The van der Waals surface area contributed by atoms with E-state index in [1.807, 2.05) is 13.0 Å². The normalized spacial score (nSPS) is 13.5. The van der Waals surface area contributed by atoms with Crippen LogP contribution in [0.3, 0.4) is 0 Å². The summed E-state index contributed by atoms with van der Waals surface area (Å²) in [6, 6.07) is 10.2. The van der Waals surface area contributed by atoms with E-state index >= 15 is 0 Å². The van der Waals surface area contributed by atoms with Crippen molar-refractivity contribution in [2.24, 2.45) is 0 Å². The molecule has 5 nitrogen and oxygen atoms in total. The summed E-state index contributed by atoms with van der Waals surface area (Å²) in [6.45, 7) is 1.88. The Labute approximate surface area is 126 Å². The van der Waals surface area contributed by atoms with Gasteiger partial charge in [0, 0.05) is 34.7 Å². The van der Waals surface area contributed by atoms with Crippen LogP contribution in [0.4, 0.5) is 10.5 Å². The van der Waals surface area contributed by atoms with Gasteiger partial charge in [-0.1, -0.05) is 6.07 Å². The number of rotatable bonds is 4. The molecule has 2 unspecified atom stereocenters. The Morgan fingerprint density at radius 1 is 1.33 bits per heavy atom. The molecule has 0 aliphatic carbocycles. The lowest BCUT2D eigenvalue weighted by molar-refractivity contribution is 0.201. The van der Waals surface area contributed by atoms with E-state index in [0.717, 1.165) is 5.76 Å². The van der Waals surface area contributed by atoms with Crippen LogP contribution in [-0.4, -0.2) is 28.4 Å². The Balaban J connectivity index is 2.07. The summed E-state index contributed by atoms with van der Waals surface area (Å²) in [4.78, 5) is 14.5. The second-order valence-corrected chi connectivity index (χ2v) is 6.09. The lowest BCUT2D eigenvalue weighted by Gasteiger charge is -2.23. The van der Waals surface area contributed by atoms with E-state index in [1.165, 1.54) is 0 Å². The molecule has 2 amide bonds. The monoisotopic (exact) mass is 306 g/mol. The highest BCUT2D eigenvalue weighted by Crippen LogP contribution is 2.20. The third-order valence-electron chi connectivity index (χ3n) is 3.27. The van der Waals surface area contributed by atoms with Gasteiger partial charge < -0.3 is 14.6 Å². The van der Waals surface area contributed by atoms with Gasteiger partial charge in [-0.15, -0.1) is 0 Å². The summed E-state index contributed by atoms with van der Waals surface area (Å²) in [5, 5.41) is 2.79. The molecule has 0 fully saturated rings. The number of nitrogens with one attached hydrogen (secondary N) is 1. The van der Waals surface area contributed by atoms with Gasteiger partial charge >= 0.3 is 6.03 Å². The summed E-state index contributed by atoms with van der Waals surface area (Å²) < 4.78 is 16.8. The summed E-state index contributed by atoms with van der Waals surface area (Å²) in [6.07, 6.45) is 3.18. The van der Waals surface area contributed by atoms with Crippen LogP contribution < -0.4 is 5.32 Å². The third-order valence-corrected chi connectivity index (χ3v) is 4.19. The fraction of sp³-hybridized carbons (Fsp3) is 0.267. The molecule has 0 radical (unpaired) electrons. The van der Waals surface area contributed by atoms with E-state index in [4.69, 9.17) is 4.42 Å². The van der Waals surface area contributed by atoms with Crippen LogP contribution in [0.2, 0.25) is 0 Å². The molecule has 2 aromatic rings. The number of benzene rings is 1. The standard InChI is InChI=1S/C15H18N2O3S/c1-11(14-8-5-9-20-14)17(2)15(18)16-12-6-4-7-13(10-12)21(3)19/h4-11H,1-3H3,(H,16,18). The predicted octanol–water partition coefficient (Wildman–Crippen LogP) is 3.24. The molecular weight excluding hydrogens is 288 g/mol. The zero-order valence-corrected chi connectivity index (χ0v) is 13.0. The van der Waals surface area contributed by atoms with Crippen LogP contribution in [0.5, 0.6) is 0 Å². The third kappa shape index (κ3) is 3.72. The molecule has 2 atom stereocenters. The fourth-order valence-corrected chi connectivity index (χ4v) is 2.42. The molecule has 2 rings (SSSR count). The van der Waals surface area contributed by atoms with E-state index in [-0.39, 0.29) is 12.1 Å². The van der Waals surface area contributed by atoms with Crippen LogP contribution >= 0.6 is 0 Å². The molecule has 0 aliphatic heterocycles. The van der Waals surface area contributed by atoms with Crippen molar-refractivity contribution in [3.63, 3.8) is 0 Å². The highest BCUT2D eigenvalue weighted by molar-refractivity contribution is 7.84. The molecule has 6 heteroatoms. The van der Waals surface area contributed by atoms with E-state index in [1.54, 1.807) is 54.8 Å². The number of carbonyl (C=O) groups is 1. The molecule has 21 heavy (non-hydrogen) atoms. The van der Waals surface area contributed by atoms with Gasteiger partial charge in [-0.25, -0.2) is 4.79 Å². The van der Waals surface area contributed by atoms with Gasteiger partial charge in [-0.05, 0) is 37.3 Å². The number of hydrogen-bond donors (Lipinski definition) is 1. The molecule has 1 aromatic carbocycles. The number of nitrogens with zero attached hydrogens (tertiary/aromatic N) is 1. The molecular formula is C15H18N2O3S. The number of urea groups is 1. The van der Waals surface area contributed by atoms with Gasteiger partial charge in [0.2, 0.25) is 0 Å². The minimum atomic E-state index is -1.08. The topological polar surface area (TPSA) is 62.6 Å². The molecule has 0 bridgehead atoms. The molecule has 112 valence electrons. The van der Waals surface area contributed by atoms with Crippen molar-refractivity contribution in [2.45, 2.75) is 17.9 Å². The van der Waals surface area contributed by atoms with Gasteiger partial charge in [0.05, 0.1) is 12.3 Å². The first-order valence-corrected chi connectivity index (χ1v) is 8.05. The average Bonchev–Trinajstić information content (AvgIpc) is 3.00. The summed E-state index contributed by atoms with van der Waals surface area (Å²) in [5.74, 6) is 0.719. The van der Waals surface area contributed by atoms with Crippen molar-refractivity contribution >= 4 is 22.5 Å². The second kappa shape index (κ2) is 6.58. The largest absolute Gasteiger partial charge is 0.467 e. The zero-order valence-electron chi connectivity index (χ0n) is 12.2. The maximum atomic E-state index is 12.2. The number of anilines is 1. The van der Waals surface area contributed by atoms with E-state index in [0.29, 0.717) is 10.6 Å². The molecule has 1 N–H and O–H groups in total. The maximum absolute atomic E-state index is 12.2. The second-order valence-electron chi connectivity index (χ2n) is 4.71. The van der Waals surface area contributed by atoms with Crippen molar-refractivity contribution in [3.05, 3.63) is 48.4 Å². The van der Waals surface area contributed by atoms with E-state index in [9.17, 15) is 9.00 Å². The number of hydrogen-bond acceptors (Lipinski definition) is 3. The Kier molecular flexibility index (Phi) is 4.80. The van der Waals surface area contributed by atoms with Gasteiger partial charge in [0.15, 0.2) is 0 Å². The SMILES string of the molecule is CC(c1ccco1)N(C)C(=O)Nc1cccc(S(C)=O)c1. The Morgan fingerprint density at radius 3 is 2.71 bits per heavy atom. The van der Waals surface area contributed by atoms with Crippen molar-refractivity contribution in [1.82, 2.24) is 4.90 Å². The molecule has 0 saturated carbocycles. The molecule has 0 aliphatic rings. The lowest BCUT2D eigenvalue weighted by Crippen LogP contribution is -2.33. The van der Waals surface area contributed by atoms with Crippen molar-refractivity contribution in [3.8, 4) is 0 Å². The Hall–Kier alpha value is -2.08. The van der Waals surface area contributed by atoms with Crippen molar-refractivity contribution in [2.75, 3.05) is 18.6 Å². The quantitative estimate of drug-likeness (QED) is 0.943. The zero-order chi connectivity index (χ0) is 15.4. The summed E-state index contributed by atoms with van der Waals surface area (Å²) >= 11 is 0. The minimum absolute atomic E-state index is 0.177. The minimum Gasteiger partial charge on any atom is -0.467 e. The van der Waals surface area contributed by atoms with Gasteiger partial charge in [0.1, 0.15) is 5.76 Å². The van der Waals surface area contributed by atoms with Crippen molar-refractivity contribution < 1.29 is 13.4 Å². The van der Waals surface area contributed by atoms with Gasteiger partial charge in [-0.3, -0.25) is 4.21 Å². The first kappa shape index (κ1) is 15.3. The number of furan rings is 1.